The van der Waals surface area contributed by atoms with Crippen molar-refractivity contribution in [3.63, 3.8) is 0 Å². The summed E-state index contributed by atoms with van der Waals surface area (Å²) in [6.07, 6.45) is 0. The molecule has 0 saturated carbocycles. The lowest BCUT2D eigenvalue weighted by Gasteiger charge is -2.21. The van der Waals surface area contributed by atoms with E-state index in [4.69, 9.17) is 27.9 Å². The molecule has 5 heteroatoms. The summed E-state index contributed by atoms with van der Waals surface area (Å²) in [7, 11) is 0. The maximum absolute atomic E-state index is 5.94. The van der Waals surface area contributed by atoms with Gasteiger partial charge >= 0.3 is 0 Å². The van der Waals surface area contributed by atoms with Crippen LogP contribution < -0.4 is 10.1 Å². The van der Waals surface area contributed by atoms with Crippen LogP contribution in [-0.4, -0.2) is 13.2 Å². The Bertz CT molecular complexity index is 356. The largest absolute Gasteiger partial charge is 0.489 e. The fourth-order valence-corrected chi connectivity index (χ4v) is 2.19. The Kier molecular flexibility index (Phi) is 2.58. The molecule has 0 aromatic heterocycles. The number of halogens is 3. The predicted octanol–water partition coefficient (Wildman–Crippen LogP) is 3.56. The van der Waals surface area contributed by atoms with Gasteiger partial charge in [0.1, 0.15) is 12.4 Å². The van der Waals surface area contributed by atoms with Gasteiger partial charge in [0, 0.05) is 12.6 Å². The second kappa shape index (κ2) is 3.56. The first-order valence-corrected chi connectivity index (χ1v) is 5.29. The van der Waals surface area contributed by atoms with Crippen LogP contribution in [0.4, 0.5) is 5.69 Å². The van der Waals surface area contributed by atoms with Crippen molar-refractivity contribution in [2.45, 2.75) is 0 Å². The van der Waals surface area contributed by atoms with Gasteiger partial charge in [0.25, 0.3) is 0 Å². The van der Waals surface area contributed by atoms with Gasteiger partial charge in [0.15, 0.2) is 0 Å². The maximum Gasteiger partial charge on any atom is 0.145 e. The van der Waals surface area contributed by atoms with E-state index in [1.54, 1.807) is 6.07 Å². The molecule has 0 fully saturated rings. The molecular weight excluding hydrogens is 277 g/mol. The zero-order valence-corrected chi connectivity index (χ0v) is 9.63. The van der Waals surface area contributed by atoms with Crippen molar-refractivity contribution in [3.05, 3.63) is 20.6 Å². The van der Waals surface area contributed by atoms with Crippen LogP contribution in [0.1, 0.15) is 0 Å². The van der Waals surface area contributed by atoms with E-state index in [-0.39, 0.29) is 0 Å². The van der Waals surface area contributed by atoms with Crippen LogP contribution >= 0.6 is 39.1 Å². The number of ether oxygens (including phenoxy) is 1. The average molecular weight is 283 g/mol. The van der Waals surface area contributed by atoms with Crippen molar-refractivity contribution >= 4 is 44.8 Å². The lowest BCUT2D eigenvalue weighted by molar-refractivity contribution is 0.323. The van der Waals surface area contributed by atoms with Crippen molar-refractivity contribution in [1.82, 2.24) is 0 Å². The second-order valence-corrected chi connectivity index (χ2v) is 4.21. The van der Waals surface area contributed by atoms with Gasteiger partial charge in [-0.1, -0.05) is 23.2 Å². The average Bonchev–Trinajstić information content (AvgIpc) is 2.15. The lowest BCUT2D eigenvalue weighted by Crippen LogP contribution is -2.18. The Hall–Kier alpha value is -0.120. The SMILES string of the molecule is Clc1cc2c(c(Br)c1Cl)NCCO2. The summed E-state index contributed by atoms with van der Waals surface area (Å²) in [5.74, 6) is 0.743. The lowest BCUT2D eigenvalue weighted by atomic mass is 10.2. The molecule has 0 radical (unpaired) electrons. The molecule has 1 N–H and O–H groups in total. The van der Waals surface area contributed by atoms with E-state index in [0.717, 1.165) is 22.5 Å². The Morgan fingerprint density at radius 3 is 3.00 bits per heavy atom. The van der Waals surface area contributed by atoms with E-state index in [2.05, 4.69) is 21.2 Å². The van der Waals surface area contributed by atoms with Gasteiger partial charge in [0.05, 0.1) is 20.2 Å². The Labute approximate surface area is 94.3 Å². The normalized spacial score (nSPS) is 14.4. The minimum Gasteiger partial charge on any atom is -0.489 e. The molecular formula is C8H6BrCl2NO. The topological polar surface area (TPSA) is 21.3 Å². The van der Waals surface area contributed by atoms with Gasteiger partial charge in [-0.15, -0.1) is 0 Å². The summed E-state index contributed by atoms with van der Waals surface area (Å²) in [5.41, 5.74) is 0.876. The van der Waals surface area contributed by atoms with Crippen molar-refractivity contribution in [1.29, 1.82) is 0 Å². The van der Waals surface area contributed by atoms with Crippen LogP contribution in [0.3, 0.4) is 0 Å². The highest BCUT2D eigenvalue weighted by molar-refractivity contribution is 9.10. The first-order valence-electron chi connectivity index (χ1n) is 3.74. The molecule has 13 heavy (non-hydrogen) atoms. The monoisotopic (exact) mass is 281 g/mol. The number of fused-ring (bicyclic) bond motifs is 1. The van der Waals surface area contributed by atoms with E-state index < -0.39 is 0 Å². The molecule has 0 atom stereocenters. The smallest absolute Gasteiger partial charge is 0.145 e. The molecule has 0 bridgehead atoms. The van der Waals surface area contributed by atoms with Crippen LogP contribution in [0.5, 0.6) is 5.75 Å². The van der Waals surface area contributed by atoms with E-state index in [1.807, 2.05) is 0 Å². The number of benzene rings is 1. The number of nitrogens with one attached hydrogen (secondary N) is 1. The molecule has 1 aromatic carbocycles. The van der Waals surface area contributed by atoms with Gasteiger partial charge in [0.2, 0.25) is 0 Å². The van der Waals surface area contributed by atoms with Crippen molar-refractivity contribution < 1.29 is 4.74 Å². The Balaban J connectivity index is 2.60. The zero-order chi connectivity index (χ0) is 9.42. The van der Waals surface area contributed by atoms with Crippen LogP contribution in [0, 0.1) is 0 Å². The van der Waals surface area contributed by atoms with E-state index in [9.17, 15) is 0 Å². The summed E-state index contributed by atoms with van der Waals surface area (Å²) in [6.45, 7) is 1.43. The van der Waals surface area contributed by atoms with Gasteiger partial charge in [-0.05, 0) is 15.9 Å². The van der Waals surface area contributed by atoms with Crippen molar-refractivity contribution in [2.75, 3.05) is 18.5 Å². The third kappa shape index (κ3) is 1.60. The summed E-state index contributed by atoms with van der Waals surface area (Å²) < 4.78 is 6.17. The first-order chi connectivity index (χ1) is 6.20. The van der Waals surface area contributed by atoms with Gasteiger partial charge in [-0.3, -0.25) is 0 Å². The van der Waals surface area contributed by atoms with E-state index in [0.29, 0.717) is 16.7 Å². The number of hydrogen-bond donors (Lipinski definition) is 1. The molecule has 0 saturated heterocycles. The van der Waals surface area contributed by atoms with Crippen molar-refractivity contribution in [3.8, 4) is 5.75 Å². The van der Waals surface area contributed by atoms with Crippen LogP contribution in [0.25, 0.3) is 0 Å². The van der Waals surface area contributed by atoms with Crippen LogP contribution in [0.15, 0.2) is 10.5 Å². The summed E-state index contributed by atoms with van der Waals surface area (Å²) in [6, 6.07) is 1.72. The molecule has 0 amide bonds. The zero-order valence-electron chi connectivity index (χ0n) is 6.53. The third-order valence-electron chi connectivity index (χ3n) is 1.79. The summed E-state index contributed by atoms with van der Waals surface area (Å²) in [4.78, 5) is 0. The highest BCUT2D eigenvalue weighted by atomic mass is 79.9. The Morgan fingerprint density at radius 1 is 1.46 bits per heavy atom. The highest BCUT2D eigenvalue weighted by Gasteiger charge is 2.17. The molecule has 1 aromatic rings. The molecule has 1 aliphatic heterocycles. The summed E-state index contributed by atoms with van der Waals surface area (Å²) in [5, 5.41) is 4.19. The molecule has 2 rings (SSSR count). The van der Waals surface area contributed by atoms with E-state index in [1.165, 1.54) is 0 Å². The molecule has 1 heterocycles. The highest BCUT2D eigenvalue weighted by Crippen LogP contribution is 2.43. The van der Waals surface area contributed by atoms with Crippen LogP contribution in [0.2, 0.25) is 10.0 Å². The summed E-state index contributed by atoms with van der Waals surface area (Å²) >= 11 is 15.2. The predicted molar refractivity (Wildman–Crippen MR) is 58.1 cm³/mol. The first kappa shape index (κ1) is 9.44. The van der Waals surface area contributed by atoms with E-state index >= 15 is 0 Å². The molecule has 1 aliphatic rings. The minimum atomic E-state index is 0.496. The number of hydrogen-bond acceptors (Lipinski definition) is 2. The molecule has 70 valence electrons. The molecule has 0 spiro atoms. The maximum atomic E-state index is 5.94. The molecule has 0 aliphatic carbocycles. The minimum absolute atomic E-state index is 0.496. The third-order valence-corrected chi connectivity index (χ3v) is 3.60. The number of rotatable bonds is 0. The standard InChI is InChI=1S/C8H6BrCl2NO/c9-6-7(11)4(10)3-5-8(6)12-1-2-13-5/h3,12H,1-2H2. The fourth-order valence-electron chi connectivity index (χ4n) is 1.19. The van der Waals surface area contributed by atoms with Gasteiger partial charge in [-0.2, -0.15) is 0 Å². The van der Waals surface area contributed by atoms with Gasteiger partial charge < -0.3 is 10.1 Å². The number of anilines is 1. The fraction of sp³-hybridized carbons (Fsp3) is 0.250. The molecule has 2 nitrogen and oxygen atoms in total. The molecule has 0 unspecified atom stereocenters. The quantitative estimate of drug-likeness (QED) is 0.735. The van der Waals surface area contributed by atoms with Crippen molar-refractivity contribution in [2.24, 2.45) is 0 Å². The van der Waals surface area contributed by atoms with Crippen LogP contribution in [-0.2, 0) is 0 Å². The Morgan fingerprint density at radius 2 is 2.23 bits per heavy atom. The second-order valence-electron chi connectivity index (χ2n) is 2.63. The van der Waals surface area contributed by atoms with Gasteiger partial charge in [-0.25, -0.2) is 0 Å².